The van der Waals surface area contributed by atoms with Gasteiger partial charge in [-0.2, -0.15) is 0 Å². The largest absolute Gasteiger partial charge is 0.381 e. The number of halogens is 2. The molecule has 1 unspecified atom stereocenters. The van der Waals surface area contributed by atoms with Gasteiger partial charge in [0.1, 0.15) is 10.6 Å². The van der Waals surface area contributed by atoms with Gasteiger partial charge in [-0.25, -0.2) is 12.8 Å². The van der Waals surface area contributed by atoms with Crippen molar-refractivity contribution in [1.29, 1.82) is 0 Å². The number of carbonyl (C=O) groups excluding carboxylic acids is 1. The standard InChI is InChI=1S/C28H35ClFNO4S/c1-19(17-20-5-6-20)31(26(32)27(2,3)4)25-12-7-21(18-24(25)30)28(13-15-35-16-14-28)36(33,34)23-10-8-22(29)9-11-23/h7-12,18-20H,5-6,13-17H2,1-4H3. The van der Waals surface area contributed by atoms with Crippen LogP contribution in [0, 0.1) is 17.2 Å². The Labute approximate surface area is 218 Å². The van der Waals surface area contributed by atoms with Gasteiger partial charge in [-0.3, -0.25) is 4.79 Å². The number of hydrogen-bond acceptors (Lipinski definition) is 4. The Bertz CT molecular complexity index is 1210. The van der Waals surface area contributed by atoms with Gasteiger partial charge >= 0.3 is 0 Å². The molecule has 1 amide bonds. The average molecular weight is 536 g/mol. The fraction of sp³-hybridized carbons (Fsp3) is 0.536. The summed E-state index contributed by atoms with van der Waals surface area (Å²) < 4.78 is 47.9. The van der Waals surface area contributed by atoms with E-state index < -0.39 is 25.8 Å². The van der Waals surface area contributed by atoms with Crippen LogP contribution in [0.15, 0.2) is 47.4 Å². The molecule has 0 N–H and O–H groups in total. The van der Waals surface area contributed by atoms with Crippen molar-refractivity contribution in [1.82, 2.24) is 0 Å². The van der Waals surface area contributed by atoms with Crippen LogP contribution in [0.2, 0.25) is 5.02 Å². The lowest BCUT2D eigenvalue weighted by Crippen LogP contribution is -2.46. The molecule has 1 aliphatic heterocycles. The normalized spacial score (nSPS) is 19.1. The molecule has 0 radical (unpaired) electrons. The summed E-state index contributed by atoms with van der Waals surface area (Å²) in [4.78, 5) is 15.1. The van der Waals surface area contributed by atoms with Crippen LogP contribution >= 0.6 is 11.6 Å². The molecule has 4 rings (SSSR count). The van der Waals surface area contributed by atoms with Gasteiger partial charge in [0.15, 0.2) is 9.84 Å². The molecular weight excluding hydrogens is 501 g/mol. The Hall–Kier alpha value is -1.96. The third kappa shape index (κ3) is 5.20. The second-order valence-electron chi connectivity index (χ2n) is 11.2. The van der Waals surface area contributed by atoms with Crippen molar-refractivity contribution in [3.8, 4) is 0 Å². The lowest BCUT2D eigenvalue weighted by Gasteiger charge is -2.38. The van der Waals surface area contributed by atoms with Gasteiger partial charge in [0, 0.05) is 29.7 Å². The molecule has 0 aromatic heterocycles. The molecule has 36 heavy (non-hydrogen) atoms. The molecule has 2 aromatic rings. The zero-order chi connectivity index (χ0) is 26.3. The maximum atomic E-state index is 15.9. The van der Waals surface area contributed by atoms with Crippen LogP contribution in [0.3, 0.4) is 0 Å². The molecule has 1 atom stereocenters. The van der Waals surface area contributed by atoms with Crippen LogP contribution in [0.25, 0.3) is 0 Å². The molecule has 1 aliphatic carbocycles. The molecule has 1 heterocycles. The highest BCUT2D eigenvalue weighted by molar-refractivity contribution is 7.92. The predicted molar refractivity (Wildman–Crippen MR) is 141 cm³/mol. The van der Waals surface area contributed by atoms with E-state index in [1.807, 2.05) is 27.7 Å². The molecule has 5 nitrogen and oxygen atoms in total. The summed E-state index contributed by atoms with van der Waals surface area (Å²) >= 11 is 5.99. The summed E-state index contributed by atoms with van der Waals surface area (Å²) in [6.45, 7) is 7.95. The minimum atomic E-state index is -3.89. The van der Waals surface area contributed by atoms with Crippen molar-refractivity contribution < 1.29 is 22.3 Å². The molecule has 8 heteroatoms. The van der Waals surface area contributed by atoms with Gasteiger partial charge in [0.2, 0.25) is 5.91 Å². The molecule has 0 spiro atoms. The molecule has 1 saturated carbocycles. The van der Waals surface area contributed by atoms with Crippen LogP contribution in [0.5, 0.6) is 0 Å². The summed E-state index contributed by atoms with van der Waals surface area (Å²) in [6.07, 6.45) is 3.50. The highest BCUT2D eigenvalue weighted by Crippen LogP contribution is 2.45. The summed E-state index contributed by atoms with van der Waals surface area (Å²) in [5.41, 5.74) is -0.124. The molecule has 0 bridgehead atoms. The Morgan fingerprint density at radius 2 is 1.75 bits per heavy atom. The number of hydrogen-bond donors (Lipinski definition) is 0. The second kappa shape index (κ2) is 10.1. The quantitative estimate of drug-likeness (QED) is 0.404. The number of rotatable bonds is 7. The van der Waals surface area contributed by atoms with E-state index in [1.54, 1.807) is 29.2 Å². The van der Waals surface area contributed by atoms with E-state index in [0.29, 0.717) is 16.5 Å². The first kappa shape index (κ1) is 27.1. The van der Waals surface area contributed by atoms with Crippen molar-refractivity contribution in [2.75, 3.05) is 18.1 Å². The number of amides is 1. The maximum Gasteiger partial charge on any atom is 0.232 e. The number of anilines is 1. The first-order valence-electron chi connectivity index (χ1n) is 12.6. The summed E-state index contributed by atoms with van der Waals surface area (Å²) in [5, 5.41) is 0.439. The number of benzene rings is 2. The Balaban J connectivity index is 1.78. The fourth-order valence-electron chi connectivity index (χ4n) is 5.09. The maximum absolute atomic E-state index is 15.9. The van der Waals surface area contributed by atoms with Crippen molar-refractivity contribution in [2.24, 2.45) is 11.3 Å². The van der Waals surface area contributed by atoms with E-state index >= 15 is 4.39 Å². The SMILES string of the molecule is CC(CC1CC1)N(C(=O)C(C)(C)C)c1ccc(C2(S(=O)(=O)c3ccc(Cl)cc3)CCOCC2)cc1F. The smallest absolute Gasteiger partial charge is 0.232 e. The Morgan fingerprint density at radius 1 is 1.14 bits per heavy atom. The van der Waals surface area contributed by atoms with Crippen molar-refractivity contribution in [2.45, 2.75) is 75.5 Å². The average Bonchev–Trinajstić information content (AvgIpc) is 3.64. The molecule has 1 saturated heterocycles. The first-order chi connectivity index (χ1) is 16.9. The van der Waals surface area contributed by atoms with E-state index in [4.69, 9.17) is 16.3 Å². The van der Waals surface area contributed by atoms with Crippen molar-refractivity contribution in [3.63, 3.8) is 0 Å². The number of ether oxygens (including phenoxy) is 1. The predicted octanol–water partition coefficient (Wildman–Crippen LogP) is 6.53. The Morgan fingerprint density at radius 3 is 2.28 bits per heavy atom. The van der Waals surface area contributed by atoms with Gasteiger partial charge in [-0.05, 0) is 74.1 Å². The van der Waals surface area contributed by atoms with Gasteiger partial charge in [0.25, 0.3) is 0 Å². The monoisotopic (exact) mass is 535 g/mol. The number of nitrogens with zero attached hydrogens (tertiary/aromatic N) is 1. The van der Waals surface area contributed by atoms with Crippen LogP contribution < -0.4 is 4.90 Å². The third-order valence-corrected chi connectivity index (χ3v) is 10.2. The highest BCUT2D eigenvalue weighted by atomic mass is 35.5. The summed E-state index contributed by atoms with van der Waals surface area (Å²) in [6, 6.07) is 10.5. The zero-order valence-corrected chi connectivity index (χ0v) is 23.0. The third-order valence-electron chi connectivity index (χ3n) is 7.34. The molecular formula is C28H35ClFNO4S. The van der Waals surface area contributed by atoms with E-state index in [2.05, 4.69) is 0 Å². The van der Waals surface area contributed by atoms with Gasteiger partial charge in [-0.1, -0.05) is 51.3 Å². The molecule has 2 aromatic carbocycles. The van der Waals surface area contributed by atoms with Crippen molar-refractivity contribution in [3.05, 3.63) is 58.9 Å². The molecule has 2 aliphatic rings. The van der Waals surface area contributed by atoms with E-state index in [0.717, 1.165) is 19.3 Å². The number of carbonyl (C=O) groups is 1. The van der Waals surface area contributed by atoms with Crippen LogP contribution in [0.4, 0.5) is 10.1 Å². The van der Waals surface area contributed by atoms with E-state index in [1.165, 1.54) is 18.2 Å². The molecule has 196 valence electrons. The topological polar surface area (TPSA) is 63.7 Å². The zero-order valence-electron chi connectivity index (χ0n) is 21.4. The highest BCUT2D eigenvalue weighted by Gasteiger charge is 2.48. The van der Waals surface area contributed by atoms with Crippen LogP contribution in [-0.4, -0.2) is 33.6 Å². The van der Waals surface area contributed by atoms with Gasteiger partial charge in [0.05, 0.1) is 10.6 Å². The second-order valence-corrected chi connectivity index (χ2v) is 13.9. The molecule has 2 fully saturated rings. The number of sulfone groups is 1. The summed E-state index contributed by atoms with van der Waals surface area (Å²) in [7, 11) is -3.89. The van der Waals surface area contributed by atoms with Crippen LogP contribution in [-0.2, 0) is 24.1 Å². The van der Waals surface area contributed by atoms with E-state index in [-0.39, 0.29) is 48.6 Å². The summed E-state index contributed by atoms with van der Waals surface area (Å²) in [5.74, 6) is -0.186. The van der Waals surface area contributed by atoms with Crippen molar-refractivity contribution >= 4 is 33.0 Å². The fourth-order valence-corrected chi connectivity index (χ4v) is 7.30. The minimum absolute atomic E-state index is 0.140. The van der Waals surface area contributed by atoms with E-state index in [9.17, 15) is 13.2 Å². The lowest BCUT2D eigenvalue weighted by atomic mass is 9.89. The minimum Gasteiger partial charge on any atom is -0.381 e. The lowest BCUT2D eigenvalue weighted by molar-refractivity contribution is -0.126. The van der Waals surface area contributed by atoms with Gasteiger partial charge < -0.3 is 9.64 Å². The Kier molecular flexibility index (Phi) is 7.58. The van der Waals surface area contributed by atoms with Gasteiger partial charge in [-0.15, -0.1) is 0 Å². The van der Waals surface area contributed by atoms with Crippen LogP contribution in [0.1, 0.15) is 65.4 Å². The first-order valence-corrected chi connectivity index (χ1v) is 14.4.